The van der Waals surface area contributed by atoms with Crippen LogP contribution in [0.5, 0.6) is 0 Å². The second-order valence-electron chi connectivity index (χ2n) is 2.23. The van der Waals surface area contributed by atoms with E-state index < -0.39 is 18.1 Å². The number of halogens is 1. The standard InChI is InChI=1S/C6H8FN3O2/c1-4-8-5(11)9-6(12)10(4)3-2-7/h2-3H2,1H3,(H,9,11,12). The number of hydrogen-bond donors (Lipinski definition) is 1. The molecule has 0 spiro atoms. The van der Waals surface area contributed by atoms with Crippen molar-refractivity contribution >= 4 is 0 Å². The van der Waals surface area contributed by atoms with Gasteiger partial charge < -0.3 is 0 Å². The minimum atomic E-state index is -0.701. The first-order valence-electron chi connectivity index (χ1n) is 3.39. The van der Waals surface area contributed by atoms with E-state index in [9.17, 15) is 14.0 Å². The molecule has 1 aromatic rings. The molecule has 1 N–H and O–H groups in total. The lowest BCUT2D eigenvalue weighted by molar-refractivity contribution is 0.427. The van der Waals surface area contributed by atoms with Crippen LogP contribution in [-0.4, -0.2) is 21.2 Å². The zero-order valence-corrected chi connectivity index (χ0v) is 6.50. The normalized spacial score (nSPS) is 10.2. The largest absolute Gasteiger partial charge is 0.350 e. The van der Waals surface area contributed by atoms with Gasteiger partial charge in [0, 0.05) is 0 Å². The summed E-state index contributed by atoms with van der Waals surface area (Å²) in [5.41, 5.74) is -1.32. The van der Waals surface area contributed by atoms with Gasteiger partial charge >= 0.3 is 11.4 Å². The SMILES string of the molecule is Cc1nc(=O)[nH]c(=O)n1CCF. The maximum Gasteiger partial charge on any atom is 0.350 e. The second-order valence-corrected chi connectivity index (χ2v) is 2.23. The molecule has 5 nitrogen and oxygen atoms in total. The highest BCUT2D eigenvalue weighted by Gasteiger charge is 2.01. The van der Waals surface area contributed by atoms with E-state index in [-0.39, 0.29) is 12.4 Å². The van der Waals surface area contributed by atoms with Crippen molar-refractivity contribution in [2.24, 2.45) is 0 Å². The molecule has 0 saturated heterocycles. The van der Waals surface area contributed by atoms with Crippen molar-refractivity contribution in [1.82, 2.24) is 14.5 Å². The number of nitrogens with zero attached hydrogens (tertiary/aromatic N) is 2. The third-order valence-electron chi connectivity index (χ3n) is 1.42. The molecule has 0 unspecified atom stereocenters. The number of rotatable bonds is 2. The van der Waals surface area contributed by atoms with Crippen LogP contribution in [0.3, 0.4) is 0 Å². The highest BCUT2D eigenvalue weighted by molar-refractivity contribution is 4.82. The van der Waals surface area contributed by atoms with Gasteiger partial charge in [-0.1, -0.05) is 0 Å². The molecule has 0 amide bonds. The van der Waals surface area contributed by atoms with Crippen molar-refractivity contribution in [3.63, 3.8) is 0 Å². The molecule has 0 saturated carbocycles. The summed E-state index contributed by atoms with van der Waals surface area (Å²) in [7, 11) is 0. The van der Waals surface area contributed by atoms with Crippen molar-refractivity contribution in [2.45, 2.75) is 13.5 Å². The van der Waals surface area contributed by atoms with Crippen LogP contribution in [0.1, 0.15) is 5.82 Å². The van der Waals surface area contributed by atoms with Crippen LogP contribution in [0, 0.1) is 6.92 Å². The van der Waals surface area contributed by atoms with Crippen LogP contribution >= 0.6 is 0 Å². The summed E-state index contributed by atoms with van der Waals surface area (Å²) in [5, 5.41) is 0. The molecule has 12 heavy (non-hydrogen) atoms. The molecule has 1 rings (SSSR count). The van der Waals surface area contributed by atoms with Crippen molar-refractivity contribution < 1.29 is 4.39 Å². The van der Waals surface area contributed by atoms with Crippen molar-refractivity contribution in [3.05, 3.63) is 26.8 Å². The van der Waals surface area contributed by atoms with Crippen LogP contribution in [0.4, 0.5) is 4.39 Å². The average Bonchev–Trinajstić information content (AvgIpc) is 1.96. The third kappa shape index (κ3) is 1.58. The van der Waals surface area contributed by atoms with Gasteiger partial charge in [0.25, 0.3) is 0 Å². The lowest BCUT2D eigenvalue weighted by atomic mass is 10.6. The molecule has 66 valence electrons. The Bertz CT molecular complexity index is 381. The van der Waals surface area contributed by atoms with Gasteiger partial charge in [0.05, 0.1) is 6.54 Å². The van der Waals surface area contributed by atoms with Gasteiger partial charge in [-0.05, 0) is 6.92 Å². The van der Waals surface area contributed by atoms with Crippen LogP contribution in [0.15, 0.2) is 9.59 Å². The van der Waals surface area contributed by atoms with E-state index in [4.69, 9.17) is 0 Å². The third-order valence-corrected chi connectivity index (χ3v) is 1.42. The second kappa shape index (κ2) is 3.29. The fraction of sp³-hybridized carbons (Fsp3) is 0.500. The molecule has 0 fully saturated rings. The van der Waals surface area contributed by atoms with Gasteiger partial charge in [-0.25, -0.2) is 14.0 Å². The minimum Gasteiger partial charge on any atom is -0.279 e. The fourth-order valence-corrected chi connectivity index (χ4v) is 0.889. The maximum atomic E-state index is 11.9. The summed E-state index contributed by atoms with van der Waals surface area (Å²) in [5.74, 6) is 0.224. The Kier molecular flexibility index (Phi) is 2.37. The first-order valence-corrected chi connectivity index (χ1v) is 3.39. The Balaban J connectivity index is 3.29. The zero-order chi connectivity index (χ0) is 9.14. The molecule has 1 heterocycles. The van der Waals surface area contributed by atoms with Gasteiger partial charge in [0.1, 0.15) is 12.5 Å². The highest BCUT2D eigenvalue weighted by atomic mass is 19.1. The Labute approximate surface area is 66.9 Å². The van der Waals surface area contributed by atoms with E-state index in [1.165, 1.54) is 6.92 Å². The molecular weight excluding hydrogens is 165 g/mol. The van der Waals surface area contributed by atoms with Crippen LogP contribution in [0.25, 0.3) is 0 Å². The van der Waals surface area contributed by atoms with E-state index in [1.54, 1.807) is 0 Å². The summed E-state index contributed by atoms with van der Waals surface area (Å²) < 4.78 is 12.9. The Morgan fingerprint density at radius 1 is 1.58 bits per heavy atom. The van der Waals surface area contributed by atoms with Crippen molar-refractivity contribution in [1.29, 1.82) is 0 Å². The molecular formula is C6H8FN3O2. The van der Waals surface area contributed by atoms with Crippen LogP contribution in [0.2, 0.25) is 0 Å². The van der Waals surface area contributed by atoms with Crippen molar-refractivity contribution in [3.8, 4) is 0 Å². The van der Waals surface area contributed by atoms with E-state index in [1.807, 2.05) is 4.98 Å². The number of aromatic nitrogens is 3. The number of aromatic amines is 1. The average molecular weight is 173 g/mol. The molecule has 1 aromatic heterocycles. The number of H-pyrrole nitrogens is 1. The quantitative estimate of drug-likeness (QED) is 0.637. The van der Waals surface area contributed by atoms with Gasteiger partial charge in [0.2, 0.25) is 0 Å². The van der Waals surface area contributed by atoms with E-state index in [0.29, 0.717) is 0 Å². The summed E-state index contributed by atoms with van der Waals surface area (Å²) in [6.45, 7) is 0.745. The van der Waals surface area contributed by atoms with E-state index in [2.05, 4.69) is 4.98 Å². The molecule has 6 heteroatoms. The summed E-state index contributed by atoms with van der Waals surface area (Å²) in [4.78, 5) is 26.9. The predicted octanol–water partition coefficient (Wildman–Crippen LogP) is -0.790. The molecule has 0 bridgehead atoms. The molecule has 0 radical (unpaired) electrons. The number of aryl methyl sites for hydroxylation is 1. The summed E-state index contributed by atoms with van der Waals surface area (Å²) in [6.07, 6.45) is 0. The molecule has 0 aliphatic carbocycles. The zero-order valence-electron chi connectivity index (χ0n) is 6.50. The van der Waals surface area contributed by atoms with Crippen molar-refractivity contribution in [2.75, 3.05) is 6.67 Å². The van der Waals surface area contributed by atoms with Crippen LogP contribution < -0.4 is 11.4 Å². The minimum absolute atomic E-state index is 0.0750. The summed E-state index contributed by atoms with van der Waals surface area (Å²) >= 11 is 0. The maximum absolute atomic E-state index is 11.9. The number of alkyl halides is 1. The topological polar surface area (TPSA) is 67.8 Å². The lowest BCUT2D eigenvalue weighted by Gasteiger charge is -2.02. The number of hydrogen-bond acceptors (Lipinski definition) is 3. The number of nitrogens with one attached hydrogen (secondary N) is 1. The Morgan fingerprint density at radius 2 is 2.25 bits per heavy atom. The van der Waals surface area contributed by atoms with Gasteiger partial charge in [-0.2, -0.15) is 4.98 Å². The fourth-order valence-electron chi connectivity index (χ4n) is 0.889. The molecule has 0 aliphatic rings. The van der Waals surface area contributed by atoms with E-state index >= 15 is 0 Å². The molecule has 0 aromatic carbocycles. The monoisotopic (exact) mass is 173 g/mol. The smallest absolute Gasteiger partial charge is 0.279 e. The first kappa shape index (κ1) is 8.63. The molecule has 0 aliphatic heterocycles. The summed E-state index contributed by atoms with van der Waals surface area (Å²) in [6, 6.07) is 0. The van der Waals surface area contributed by atoms with Gasteiger partial charge in [-0.3, -0.25) is 9.55 Å². The first-order chi connectivity index (χ1) is 5.65. The highest BCUT2D eigenvalue weighted by Crippen LogP contribution is 1.84. The Morgan fingerprint density at radius 3 is 2.75 bits per heavy atom. The Hall–Kier alpha value is -1.46. The predicted molar refractivity (Wildman–Crippen MR) is 39.8 cm³/mol. The van der Waals surface area contributed by atoms with Gasteiger partial charge in [-0.15, -0.1) is 0 Å². The van der Waals surface area contributed by atoms with E-state index in [0.717, 1.165) is 4.57 Å². The molecule has 0 atom stereocenters. The van der Waals surface area contributed by atoms with Crippen LogP contribution in [-0.2, 0) is 6.54 Å². The van der Waals surface area contributed by atoms with Gasteiger partial charge in [0.15, 0.2) is 0 Å². The lowest BCUT2D eigenvalue weighted by Crippen LogP contribution is -2.34.